The molecule has 1 aromatic carbocycles. The quantitative estimate of drug-likeness (QED) is 0.356. The van der Waals surface area contributed by atoms with Crippen molar-refractivity contribution in [2.24, 2.45) is 7.05 Å². The van der Waals surface area contributed by atoms with Crippen LogP contribution in [0, 0.1) is 19.7 Å². The molecule has 0 spiro atoms. The lowest BCUT2D eigenvalue weighted by atomic mass is 10.2. The topological polar surface area (TPSA) is 112 Å². The predicted octanol–water partition coefficient (Wildman–Crippen LogP) is 3.55. The second-order valence-corrected chi connectivity index (χ2v) is 8.72. The Kier molecular flexibility index (Phi) is 5.39. The van der Waals surface area contributed by atoms with Gasteiger partial charge in [-0.3, -0.25) is 9.36 Å². The zero-order chi connectivity index (χ0) is 21.4. The summed E-state index contributed by atoms with van der Waals surface area (Å²) in [4.78, 5) is 31.8. The summed E-state index contributed by atoms with van der Waals surface area (Å²) in [6.07, 6.45) is 0. The molecule has 0 atom stereocenters. The standard InChI is InChI=1S/C19H18FN7OS2/c1-9-10(2)30-15-14(9)16(28)27(3)19(25-15)29-8-13-23-17(21)26-18(24-13)22-12-6-4-11(20)5-7-12/h4-7H,8H2,1-3H3,(H3,21,22,23,24,26). The van der Waals surface area contributed by atoms with E-state index < -0.39 is 0 Å². The second kappa shape index (κ2) is 8.00. The van der Waals surface area contributed by atoms with Crippen LogP contribution >= 0.6 is 23.1 Å². The van der Waals surface area contributed by atoms with Gasteiger partial charge in [-0.05, 0) is 43.7 Å². The lowest BCUT2D eigenvalue weighted by Gasteiger charge is -2.09. The summed E-state index contributed by atoms with van der Waals surface area (Å²) in [6.45, 7) is 3.92. The molecule has 3 N–H and O–H groups in total. The number of anilines is 3. The zero-order valence-electron chi connectivity index (χ0n) is 16.4. The number of thiophene rings is 1. The first-order valence-corrected chi connectivity index (χ1v) is 10.7. The highest BCUT2D eigenvalue weighted by Gasteiger charge is 2.15. The third kappa shape index (κ3) is 3.98. The summed E-state index contributed by atoms with van der Waals surface area (Å²) in [5, 5.41) is 4.21. The number of aromatic nitrogens is 5. The molecule has 0 saturated carbocycles. The molecule has 30 heavy (non-hydrogen) atoms. The van der Waals surface area contributed by atoms with E-state index in [4.69, 9.17) is 5.73 Å². The van der Waals surface area contributed by atoms with Crippen molar-refractivity contribution in [2.45, 2.75) is 24.8 Å². The van der Waals surface area contributed by atoms with Gasteiger partial charge in [-0.2, -0.15) is 15.0 Å². The molecule has 11 heteroatoms. The van der Waals surface area contributed by atoms with Gasteiger partial charge in [0.1, 0.15) is 16.5 Å². The fraction of sp³-hybridized carbons (Fsp3) is 0.211. The van der Waals surface area contributed by atoms with Crippen LogP contribution in [0.1, 0.15) is 16.3 Å². The fourth-order valence-corrected chi connectivity index (χ4v) is 4.73. The fourth-order valence-electron chi connectivity index (χ4n) is 2.84. The highest BCUT2D eigenvalue weighted by Crippen LogP contribution is 2.28. The third-order valence-electron chi connectivity index (χ3n) is 4.50. The Morgan fingerprint density at radius 1 is 1.17 bits per heavy atom. The molecule has 0 amide bonds. The maximum atomic E-state index is 13.1. The van der Waals surface area contributed by atoms with Crippen molar-refractivity contribution in [3.63, 3.8) is 0 Å². The number of nitrogens with one attached hydrogen (secondary N) is 1. The summed E-state index contributed by atoms with van der Waals surface area (Å²) < 4.78 is 14.6. The summed E-state index contributed by atoms with van der Waals surface area (Å²) in [6, 6.07) is 5.81. The summed E-state index contributed by atoms with van der Waals surface area (Å²) >= 11 is 2.85. The van der Waals surface area contributed by atoms with Gasteiger partial charge in [-0.1, -0.05) is 11.8 Å². The van der Waals surface area contributed by atoms with E-state index in [1.54, 1.807) is 19.2 Å². The smallest absolute Gasteiger partial charge is 0.262 e. The van der Waals surface area contributed by atoms with E-state index in [1.807, 2.05) is 13.8 Å². The first-order chi connectivity index (χ1) is 14.3. The normalized spacial score (nSPS) is 11.2. The number of aryl methyl sites for hydroxylation is 2. The van der Waals surface area contributed by atoms with Gasteiger partial charge < -0.3 is 11.1 Å². The van der Waals surface area contributed by atoms with E-state index in [9.17, 15) is 9.18 Å². The summed E-state index contributed by atoms with van der Waals surface area (Å²) in [5.41, 5.74) is 7.34. The largest absolute Gasteiger partial charge is 0.368 e. The van der Waals surface area contributed by atoms with Crippen molar-refractivity contribution in [3.05, 3.63) is 56.7 Å². The number of thioether (sulfide) groups is 1. The van der Waals surface area contributed by atoms with Gasteiger partial charge in [0.2, 0.25) is 11.9 Å². The Morgan fingerprint density at radius 3 is 2.63 bits per heavy atom. The maximum absolute atomic E-state index is 13.1. The van der Waals surface area contributed by atoms with E-state index in [0.717, 1.165) is 15.3 Å². The van der Waals surface area contributed by atoms with E-state index in [2.05, 4.69) is 25.3 Å². The minimum atomic E-state index is -0.334. The van der Waals surface area contributed by atoms with Crippen LogP contribution in [0.3, 0.4) is 0 Å². The number of hydrogen-bond acceptors (Lipinski definition) is 9. The molecular weight excluding hydrogens is 425 g/mol. The third-order valence-corrected chi connectivity index (χ3v) is 6.63. The van der Waals surface area contributed by atoms with Crippen LogP contribution in [-0.4, -0.2) is 24.5 Å². The molecule has 0 aliphatic rings. The molecule has 4 rings (SSSR count). The van der Waals surface area contributed by atoms with Crippen molar-refractivity contribution in [1.82, 2.24) is 24.5 Å². The van der Waals surface area contributed by atoms with Gasteiger partial charge in [-0.25, -0.2) is 9.37 Å². The van der Waals surface area contributed by atoms with E-state index in [-0.39, 0.29) is 23.3 Å². The summed E-state index contributed by atoms with van der Waals surface area (Å²) in [7, 11) is 1.70. The lowest BCUT2D eigenvalue weighted by Crippen LogP contribution is -2.20. The second-order valence-electron chi connectivity index (χ2n) is 6.58. The van der Waals surface area contributed by atoms with E-state index in [0.29, 0.717) is 27.8 Å². The summed E-state index contributed by atoms with van der Waals surface area (Å²) in [5.74, 6) is 0.766. The zero-order valence-corrected chi connectivity index (χ0v) is 18.1. The number of rotatable bonds is 5. The number of benzene rings is 1. The number of halogens is 1. The number of nitrogen functional groups attached to an aromatic ring is 1. The van der Waals surface area contributed by atoms with Crippen molar-refractivity contribution >= 4 is 50.9 Å². The molecule has 4 aromatic rings. The van der Waals surface area contributed by atoms with E-state index >= 15 is 0 Å². The van der Waals surface area contributed by atoms with Gasteiger partial charge >= 0.3 is 0 Å². The molecule has 154 valence electrons. The SMILES string of the molecule is Cc1sc2nc(SCc3nc(N)nc(Nc4ccc(F)cc4)n3)n(C)c(=O)c2c1C. The number of fused-ring (bicyclic) bond motifs is 1. The Balaban J connectivity index is 1.58. The van der Waals surface area contributed by atoms with Crippen LogP contribution in [0.15, 0.2) is 34.2 Å². The Morgan fingerprint density at radius 2 is 1.90 bits per heavy atom. The molecule has 0 aliphatic heterocycles. The highest BCUT2D eigenvalue weighted by molar-refractivity contribution is 7.98. The molecular formula is C19H18FN7OS2. The molecule has 0 unspecified atom stereocenters. The minimum absolute atomic E-state index is 0.0621. The first kappa shape index (κ1) is 20.2. The van der Waals surface area contributed by atoms with Gasteiger partial charge in [0.25, 0.3) is 5.56 Å². The van der Waals surface area contributed by atoms with Crippen molar-refractivity contribution < 1.29 is 4.39 Å². The van der Waals surface area contributed by atoms with Gasteiger partial charge in [0, 0.05) is 17.6 Å². The van der Waals surface area contributed by atoms with Crippen LogP contribution in [0.25, 0.3) is 10.2 Å². The van der Waals surface area contributed by atoms with Crippen LogP contribution < -0.4 is 16.6 Å². The average Bonchev–Trinajstić information content (AvgIpc) is 2.99. The highest BCUT2D eigenvalue weighted by atomic mass is 32.2. The molecule has 0 bridgehead atoms. The van der Waals surface area contributed by atoms with E-state index in [1.165, 1.54) is 39.8 Å². The number of nitrogens with zero attached hydrogens (tertiary/aromatic N) is 5. The van der Waals surface area contributed by atoms with Crippen molar-refractivity contribution in [1.29, 1.82) is 0 Å². The average molecular weight is 444 g/mol. The predicted molar refractivity (Wildman–Crippen MR) is 118 cm³/mol. The number of hydrogen-bond donors (Lipinski definition) is 2. The Labute approximate surface area is 179 Å². The van der Waals surface area contributed by atoms with Crippen LogP contribution in [0.4, 0.5) is 22.0 Å². The molecule has 3 heterocycles. The van der Waals surface area contributed by atoms with Crippen LogP contribution in [0.5, 0.6) is 0 Å². The Hall–Kier alpha value is -3.05. The van der Waals surface area contributed by atoms with Crippen molar-refractivity contribution in [3.8, 4) is 0 Å². The Bertz CT molecular complexity index is 1300. The van der Waals surface area contributed by atoms with Crippen LogP contribution in [-0.2, 0) is 12.8 Å². The molecule has 0 aliphatic carbocycles. The van der Waals surface area contributed by atoms with Crippen LogP contribution in [0.2, 0.25) is 0 Å². The molecule has 0 saturated heterocycles. The maximum Gasteiger partial charge on any atom is 0.262 e. The molecule has 3 aromatic heterocycles. The van der Waals surface area contributed by atoms with Gasteiger partial charge in [0.15, 0.2) is 5.16 Å². The first-order valence-electron chi connectivity index (χ1n) is 8.94. The minimum Gasteiger partial charge on any atom is -0.368 e. The van der Waals surface area contributed by atoms with Gasteiger partial charge in [-0.15, -0.1) is 11.3 Å². The monoisotopic (exact) mass is 443 g/mol. The lowest BCUT2D eigenvalue weighted by molar-refractivity contribution is 0.628. The molecule has 0 radical (unpaired) electrons. The van der Waals surface area contributed by atoms with Crippen molar-refractivity contribution in [2.75, 3.05) is 11.1 Å². The number of nitrogens with two attached hydrogens (primary N) is 1. The molecule has 0 fully saturated rings. The molecule has 8 nitrogen and oxygen atoms in total. The van der Waals surface area contributed by atoms with Gasteiger partial charge in [0.05, 0.1) is 11.1 Å².